The van der Waals surface area contributed by atoms with Crippen LogP contribution in [-0.2, 0) is 9.53 Å². The van der Waals surface area contributed by atoms with Gasteiger partial charge in [-0.05, 0) is 36.4 Å². The molecule has 2 heterocycles. The summed E-state index contributed by atoms with van der Waals surface area (Å²) in [6.07, 6.45) is 1.21. The van der Waals surface area contributed by atoms with Crippen LogP contribution in [0.25, 0.3) is 33.5 Å². The number of carbonyl (C=O) groups is 1. The molecule has 12 heteroatoms. The molecular formula is C27H20N4O8. The Balaban J connectivity index is 1.69. The first-order chi connectivity index (χ1) is 18.9. The third-order valence-electron chi connectivity index (χ3n) is 5.81. The van der Waals surface area contributed by atoms with Crippen molar-refractivity contribution in [3.05, 3.63) is 92.8 Å². The molecule has 2 aromatic heterocycles. The molecule has 0 aliphatic carbocycles. The van der Waals surface area contributed by atoms with E-state index in [1.165, 1.54) is 38.6 Å². The molecule has 0 saturated heterocycles. The molecular weight excluding hydrogens is 508 g/mol. The van der Waals surface area contributed by atoms with Crippen LogP contribution in [0.4, 0.5) is 5.69 Å². The van der Waals surface area contributed by atoms with Crippen LogP contribution < -0.4 is 15.0 Å². The van der Waals surface area contributed by atoms with Crippen LogP contribution in [-0.4, -0.2) is 47.6 Å². The van der Waals surface area contributed by atoms with E-state index in [-0.39, 0.29) is 22.9 Å². The molecule has 0 fully saturated rings. The van der Waals surface area contributed by atoms with Gasteiger partial charge in [0.2, 0.25) is 11.6 Å². The number of esters is 1. The second kappa shape index (κ2) is 10.5. The van der Waals surface area contributed by atoms with Gasteiger partial charge < -0.3 is 18.6 Å². The van der Waals surface area contributed by atoms with Crippen molar-refractivity contribution in [1.82, 2.24) is 9.66 Å². The molecule has 12 nitrogen and oxygen atoms in total. The Morgan fingerprint density at radius 3 is 2.67 bits per heavy atom. The molecule has 39 heavy (non-hydrogen) atoms. The summed E-state index contributed by atoms with van der Waals surface area (Å²) in [5, 5.41) is 16.9. The normalized spacial score (nSPS) is 11.2. The van der Waals surface area contributed by atoms with Gasteiger partial charge in [0.1, 0.15) is 11.3 Å². The van der Waals surface area contributed by atoms with Gasteiger partial charge >= 0.3 is 11.7 Å². The Morgan fingerprint density at radius 2 is 1.90 bits per heavy atom. The molecule has 0 radical (unpaired) electrons. The first kappa shape index (κ1) is 25.1. The van der Waals surface area contributed by atoms with Gasteiger partial charge in [-0.3, -0.25) is 14.9 Å². The monoisotopic (exact) mass is 528 g/mol. The lowest BCUT2D eigenvalue weighted by Gasteiger charge is -2.09. The van der Waals surface area contributed by atoms with Crippen molar-refractivity contribution in [1.29, 1.82) is 0 Å². The predicted octanol–water partition coefficient (Wildman–Crippen LogP) is 4.16. The summed E-state index contributed by atoms with van der Waals surface area (Å²) >= 11 is 0. The third kappa shape index (κ3) is 4.78. The first-order valence-corrected chi connectivity index (χ1v) is 11.5. The number of nitrogens with zero attached hydrogens (tertiary/aromatic N) is 4. The molecule has 5 aromatic rings. The van der Waals surface area contributed by atoms with Gasteiger partial charge in [-0.15, -0.1) is 0 Å². The lowest BCUT2D eigenvalue weighted by Crippen LogP contribution is -2.20. The molecule has 0 N–H and O–H groups in total. The Morgan fingerprint density at radius 1 is 1.10 bits per heavy atom. The maximum absolute atomic E-state index is 13.5. The Bertz CT molecular complexity index is 1820. The van der Waals surface area contributed by atoms with E-state index in [4.69, 9.17) is 13.9 Å². The number of para-hydroxylation sites is 2. The minimum atomic E-state index is -0.728. The fourth-order valence-electron chi connectivity index (χ4n) is 3.97. The second-order valence-corrected chi connectivity index (χ2v) is 8.11. The Hall–Kier alpha value is -5.52. The van der Waals surface area contributed by atoms with Crippen LogP contribution in [0, 0.1) is 10.1 Å². The fourth-order valence-corrected chi connectivity index (χ4v) is 3.97. The van der Waals surface area contributed by atoms with Crippen LogP contribution in [0.3, 0.4) is 0 Å². The molecule has 0 bridgehead atoms. The number of benzene rings is 3. The number of ether oxygens (including phenoxy) is 3. The summed E-state index contributed by atoms with van der Waals surface area (Å²) in [5.74, 6) is -0.0295. The zero-order valence-electron chi connectivity index (χ0n) is 20.7. The second-order valence-electron chi connectivity index (χ2n) is 8.11. The zero-order valence-corrected chi connectivity index (χ0v) is 20.7. The smallest absolute Gasteiger partial charge is 0.343 e. The van der Waals surface area contributed by atoms with Crippen molar-refractivity contribution in [2.75, 3.05) is 20.8 Å². The van der Waals surface area contributed by atoms with Gasteiger partial charge in [-0.1, -0.05) is 24.3 Å². The molecule has 0 aliphatic heterocycles. The van der Waals surface area contributed by atoms with Crippen molar-refractivity contribution in [2.24, 2.45) is 5.10 Å². The maximum atomic E-state index is 13.5. The fraction of sp³-hybridized carbons (Fsp3) is 0.111. The number of fused-ring (bicyclic) bond motifs is 2. The number of nitro groups is 1. The molecule has 196 valence electrons. The summed E-state index contributed by atoms with van der Waals surface area (Å²) in [6, 6.07) is 17.9. The van der Waals surface area contributed by atoms with E-state index < -0.39 is 28.7 Å². The molecule has 5 rings (SSSR count). The first-order valence-electron chi connectivity index (χ1n) is 11.5. The van der Waals surface area contributed by atoms with E-state index in [1.807, 2.05) is 0 Å². The standard InChI is InChI=1S/C27H20N4O8/c1-36-21-11-6-12-22-18(21)13-23(39-22)26-29-19-9-4-3-8-17(19)27(33)30(26)28-14-16-7-5-10-20(31(34)35)25(16)38-15-24(32)37-2/h3-14H,15H2,1-2H3. The van der Waals surface area contributed by atoms with Gasteiger partial charge in [-0.2, -0.15) is 9.78 Å². The number of furan rings is 1. The number of rotatable bonds is 8. The molecule has 0 saturated carbocycles. The van der Waals surface area contributed by atoms with Gasteiger partial charge in [0.15, 0.2) is 12.4 Å². The number of hydrogen-bond acceptors (Lipinski definition) is 10. The van der Waals surface area contributed by atoms with Crippen LogP contribution in [0.15, 0.2) is 81.0 Å². The minimum Gasteiger partial charge on any atom is -0.496 e. The van der Waals surface area contributed by atoms with Crippen molar-refractivity contribution in [2.45, 2.75) is 0 Å². The Labute approximate surface area is 219 Å². The number of carbonyl (C=O) groups excluding carboxylic acids is 1. The van der Waals surface area contributed by atoms with Crippen LogP contribution in [0.2, 0.25) is 0 Å². The highest BCUT2D eigenvalue weighted by atomic mass is 16.6. The van der Waals surface area contributed by atoms with Crippen molar-refractivity contribution < 1.29 is 28.3 Å². The highest BCUT2D eigenvalue weighted by Gasteiger charge is 2.21. The topological polar surface area (TPSA) is 148 Å². The SMILES string of the molecule is COC(=O)COc1c(C=Nn2c(-c3cc4c(OC)cccc4o3)nc3ccccc3c2=O)cccc1[N+](=O)[O-]. The Kier molecular flexibility index (Phi) is 6.74. The average molecular weight is 528 g/mol. The van der Waals surface area contributed by atoms with Gasteiger partial charge in [-0.25, -0.2) is 9.78 Å². The summed E-state index contributed by atoms with van der Waals surface area (Å²) in [5.41, 5.74) is 0.192. The number of aromatic nitrogens is 2. The molecule has 0 unspecified atom stereocenters. The van der Waals surface area contributed by atoms with E-state index in [0.29, 0.717) is 27.6 Å². The van der Waals surface area contributed by atoms with Gasteiger partial charge in [0.05, 0.1) is 41.6 Å². The highest BCUT2D eigenvalue weighted by Crippen LogP contribution is 2.33. The van der Waals surface area contributed by atoms with Crippen LogP contribution in [0.5, 0.6) is 11.5 Å². The number of methoxy groups -OCH3 is 2. The minimum absolute atomic E-state index is 0.0932. The highest BCUT2D eigenvalue weighted by molar-refractivity contribution is 5.89. The van der Waals surface area contributed by atoms with E-state index >= 15 is 0 Å². The molecule has 0 amide bonds. The van der Waals surface area contributed by atoms with Gasteiger partial charge in [0, 0.05) is 11.6 Å². The number of nitro benzene ring substituents is 1. The molecule has 0 spiro atoms. The van der Waals surface area contributed by atoms with Crippen molar-refractivity contribution >= 4 is 39.7 Å². The molecule has 0 aliphatic rings. The third-order valence-corrected chi connectivity index (χ3v) is 5.81. The quantitative estimate of drug-likeness (QED) is 0.125. The van der Waals surface area contributed by atoms with Crippen LogP contribution >= 0.6 is 0 Å². The predicted molar refractivity (Wildman–Crippen MR) is 141 cm³/mol. The van der Waals surface area contributed by atoms with E-state index in [9.17, 15) is 19.7 Å². The van der Waals surface area contributed by atoms with E-state index in [2.05, 4.69) is 14.8 Å². The zero-order chi connectivity index (χ0) is 27.5. The lowest BCUT2D eigenvalue weighted by molar-refractivity contribution is -0.385. The molecule has 0 atom stereocenters. The average Bonchev–Trinajstić information content (AvgIpc) is 3.40. The van der Waals surface area contributed by atoms with Gasteiger partial charge in [0.25, 0.3) is 5.56 Å². The summed E-state index contributed by atoms with van der Waals surface area (Å²) < 4.78 is 22.4. The van der Waals surface area contributed by atoms with Crippen molar-refractivity contribution in [3.8, 4) is 23.1 Å². The summed E-state index contributed by atoms with van der Waals surface area (Å²) in [4.78, 5) is 40.7. The maximum Gasteiger partial charge on any atom is 0.343 e. The largest absolute Gasteiger partial charge is 0.496 e. The van der Waals surface area contributed by atoms with Crippen molar-refractivity contribution in [3.63, 3.8) is 0 Å². The number of hydrogen-bond donors (Lipinski definition) is 0. The van der Waals surface area contributed by atoms with E-state index in [0.717, 1.165) is 4.68 Å². The summed E-state index contributed by atoms with van der Waals surface area (Å²) in [6.45, 7) is -0.564. The molecule has 3 aromatic carbocycles. The summed E-state index contributed by atoms with van der Waals surface area (Å²) in [7, 11) is 2.70. The van der Waals surface area contributed by atoms with Crippen LogP contribution in [0.1, 0.15) is 5.56 Å². The lowest BCUT2D eigenvalue weighted by atomic mass is 10.2. The van der Waals surface area contributed by atoms with E-state index in [1.54, 1.807) is 48.5 Å².